The van der Waals surface area contributed by atoms with Crippen molar-refractivity contribution in [3.63, 3.8) is 0 Å². The Morgan fingerprint density at radius 3 is 2.83 bits per heavy atom. The third-order valence-corrected chi connectivity index (χ3v) is 3.80. The molecule has 23 heavy (non-hydrogen) atoms. The van der Waals surface area contributed by atoms with Crippen molar-refractivity contribution in [2.45, 2.75) is 26.3 Å². The summed E-state index contributed by atoms with van der Waals surface area (Å²) >= 11 is 0. The summed E-state index contributed by atoms with van der Waals surface area (Å²) < 4.78 is 5.54. The molecule has 122 valence electrons. The van der Waals surface area contributed by atoms with E-state index in [9.17, 15) is 14.7 Å². The van der Waals surface area contributed by atoms with Crippen LogP contribution in [-0.4, -0.2) is 34.6 Å². The minimum absolute atomic E-state index is 0.153. The zero-order valence-electron chi connectivity index (χ0n) is 13.2. The lowest BCUT2D eigenvalue weighted by atomic mass is 9.99. The predicted molar refractivity (Wildman–Crippen MR) is 86.3 cm³/mol. The molecule has 0 radical (unpaired) electrons. The maximum absolute atomic E-state index is 12.0. The molecular weight excluding hydrogens is 296 g/mol. The van der Waals surface area contributed by atoms with Crippen molar-refractivity contribution >= 4 is 22.6 Å². The molecule has 0 spiro atoms. The van der Waals surface area contributed by atoms with Gasteiger partial charge < -0.3 is 15.2 Å². The molecule has 1 heterocycles. The second-order valence-corrected chi connectivity index (χ2v) is 5.41. The van der Waals surface area contributed by atoms with E-state index >= 15 is 0 Å². The first-order valence-electron chi connectivity index (χ1n) is 7.50. The molecule has 6 heteroatoms. The van der Waals surface area contributed by atoms with Crippen LogP contribution in [0, 0.1) is 5.92 Å². The lowest BCUT2D eigenvalue weighted by Gasteiger charge is -2.20. The maximum Gasteiger partial charge on any atom is 0.326 e. The topological polar surface area (TPSA) is 88.5 Å². The van der Waals surface area contributed by atoms with E-state index in [1.165, 1.54) is 0 Å². The fraction of sp³-hybridized carbons (Fsp3) is 0.353. The van der Waals surface area contributed by atoms with Crippen LogP contribution in [-0.2, 0) is 9.59 Å². The van der Waals surface area contributed by atoms with Gasteiger partial charge in [0.1, 0.15) is 11.8 Å². The molecule has 0 saturated heterocycles. The third-order valence-electron chi connectivity index (χ3n) is 3.80. The highest BCUT2D eigenvalue weighted by Gasteiger charge is 2.25. The molecule has 2 N–H and O–H groups in total. The van der Waals surface area contributed by atoms with E-state index in [0.717, 1.165) is 10.8 Å². The molecule has 0 bridgehead atoms. The van der Waals surface area contributed by atoms with E-state index in [1.807, 2.05) is 25.1 Å². The highest BCUT2D eigenvalue weighted by atomic mass is 16.5. The average Bonchev–Trinajstić information content (AvgIpc) is 2.56. The Morgan fingerprint density at radius 1 is 1.35 bits per heavy atom. The summed E-state index contributed by atoms with van der Waals surface area (Å²) in [6.45, 7) is 3.44. The van der Waals surface area contributed by atoms with Crippen molar-refractivity contribution in [1.29, 1.82) is 0 Å². The summed E-state index contributed by atoms with van der Waals surface area (Å²) in [6, 6.07) is 6.38. The number of aromatic nitrogens is 1. The zero-order valence-corrected chi connectivity index (χ0v) is 13.2. The van der Waals surface area contributed by atoms with Crippen molar-refractivity contribution < 1.29 is 19.4 Å². The highest BCUT2D eigenvalue weighted by Crippen LogP contribution is 2.24. The van der Waals surface area contributed by atoms with Gasteiger partial charge >= 0.3 is 5.97 Å². The summed E-state index contributed by atoms with van der Waals surface area (Å²) in [7, 11) is 0. The molecule has 2 rings (SSSR count). The van der Waals surface area contributed by atoms with Gasteiger partial charge in [-0.05, 0) is 18.1 Å². The number of carbonyl (C=O) groups is 2. The minimum atomic E-state index is -1.04. The Labute approximate surface area is 134 Å². The fourth-order valence-electron chi connectivity index (χ4n) is 2.26. The van der Waals surface area contributed by atoms with Crippen molar-refractivity contribution in [2.75, 3.05) is 6.61 Å². The van der Waals surface area contributed by atoms with Gasteiger partial charge in [-0.25, -0.2) is 4.79 Å². The molecule has 0 aliphatic heterocycles. The summed E-state index contributed by atoms with van der Waals surface area (Å²) in [4.78, 5) is 27.2. The SMILES string of the molecule is CCC(C)C(NC(=O)COc1cccc2cnccc12)C(=O)O. The number of carboxylic acid groups (broad SMARTS) is 1. The number of pyridine rings is 1. The average molecular weight is 316 g/mol. The molecule has 1 amide bonds. The summed E-state index contributed by atoms with van der Waals surface area (Å²) in [5.74, 6) is -1.08. The molecule has 6 nitrogen and oxygen atoms in total. The fourth-order valence-corrected chi connectivity index (χ4v) is 2.26. The van der Waals surface area contributed by atoms with E-state index in [0.29, 0.717) is 12.2 Å². The number of amides is 1. The molecule has 0 saturated carbocycles. The van der Waals surface area contributed by atoms with Crippen molar-refractivity contribution in [1.82, 2.24) is 10.3 Å². The van der Waals surface area contributed by atoms with E-state index < -0.39 is 17.9 Å². The van der Waals surface area contributed by atoms with Crippen LogP contribution in [0.2, 0.25) is 0 Å². The minimum Gasteiger partial charge on any atom is -0.483 e. The lowest BCUT2D eigenvalue weighted by molar-refractivity contribution is -0.143. The standard InChI is InChI=1S/C17H20N2O4/c1-3-11(2)16(17(21)22)19-15(20)10-23-14-6-4-5-12-9-18-8-7-13(12)14/h4-9,11,16H,3,10H2,1-2H3,(H,19,20)(H,21,22). The lowest BCUT2D eigenvalue weighted by Crippen LogP contribution is -2.46. The second kappa shape index (κ2) is 7.58. The Kier molecular flexibility index (Phi) is 5.51. The number of hydrogen-bond donors (Lipinski definition) is 2. The van der Waals surface area contributed by atoms with Crippen LogP contribution in [0.5, 0.6) is 5.75 Å². The number of nitrogens with zero attached hydrogens (tertiary/aromatic N) is 1. The normalized spacial score (nSPS) is 13.3. The number of aliphatic carboxylic acids is 1. The first kappa shape index (κ1) is 16.7. The number of nitrogens with one attached hydrogen (secondary N) is 1. The van der Waals surface area contributed by atoms with Gasteiger partial charge in [-0.3, -0.25) is 9.78 Å². The van der Waals surface area contributed by atoms with Gasteiger partial charge in [0.05, 0.1) is 0 Å². The van der Waals surface area contributed by atoms with Crippen LogP contribution in [0.4, 0.5) is 0 Å². The summed E-state index contributed by atoms with van der Waals surface area (Å²) in [5, 5.41) is 13.5. The molecule has 0 fully saturated rings. The predicted octanol–water partition coefficient (Wildman–Crippen LogP) is 2.23. The Morgan fingerprint density at radius 2 is 2.13 bits per heavy atom. The van der Waals surface area contributed by atoms with E-state index in [2.05, 4.69) is 10.3 Å². The number of rotatable bonds is 7. The van der Waals surface area contributed by atoms with Crippen LogP contribution >= 0.6 is 0 Å². The highest BCUT2D eigenvalue weighted by molar-refractivity contribution is 5.88. The van der Waals surface area contributed by atoms with Gasteiger partial charge in [-0.1, -0.05) is 32.4 Å². The molecule has 0 aliphatic rings. The van der Waals surface area contributed by atoms with Gasteiger partial charge in [-0.2, -0.15) is 0 Å². The van der Waals surface area contributed by atoms with Crippen LogP contribution in [0.25, 0.3) is 10.8 Å². The Hall–Kier alpha value is -2.63. The number of benzene rings is 1. The molecule has 0 aliphatic carbocycles. The van der Waals surface area contributed by atoms with Crippen molar-refractivity contribution in [3.05, 3.63) is 36.7 Å². The monoisotopic (exact) mass is 316 g/mol. The second-order valence-electron chi connectivity index (χ2n) is 5.41. The first-order chi connectivity index (χ1) is 11.0. The smallest absolute Gasteiger partial charge is 0.326 e. The molecule has 2 atom stereocenters. The van der Waals surface area contributed by atoms with Crippen LogP contribution in [0.1, 0.15) is 20.3 Å². The summed E-state index contributed by atoms with van der Waals surface area (Å²) in [6.07, 6.45) is 4.03. The third kappa shape index (κ3) is 4.18. The Bertz CT molecular complexity index is 697. The largest absolute Gasteiger partial charge is 0.483 e. The van der Waals surface area contributed by atoms with E-state index in [1.54, 1.807) is 25.4 Å². The number of fused-ring (bicyclic) bond motifs is 1. The van der Waals surface area contributed by atoms with Gasteiger partial charge in [0.25, 0.3) is 5.91 Å². The maximum atomic E-state index is 12.0. The number of carbonyl (C=O) groups excluding carboxylic acids is 1. The van der Waals surface area contributed by atoms with Crippen molar-refractivity contribution in [3.8, 4) is 5.75 Å². The van der Waals surface area contributed by atoms with E-state index in [4.69, 9.17) is 4.74 Å². The summed E-state index contributed by atoms with van der Waals surface area (Å²) in [5.41, 5.74) is 0. The van der Waals surface area contributed by atoms with Gasteiger partial charge in [0.2, 0.25) is 0 Å². The van der Waals surface area contributed by atoms with Crippen LogP contribution in [0.3, 0.4) is 0 Å². The molecular formula is C17H20N2O4. The van der Waals surface area contributed by atoms with Crippen LogP contribution in [0.15, 0.2) is 36.7 Å². The number of carboxylic acids is 1. The Balaban J connectivity index is 2.02. The molecule has 2 unspecified atom stereocenters. The quantitative estimate of drug-likeness (QED) is 0.817. The van der Waals surface area contributed by atoms with Crippen LogP contribution < -0.4 is 10.1 Å². The zero-order chi connectivity index (χ0) is 16.8. The molecule has 1 aromatic heterocycles. The number of hydrogen-bond acceptors (Lipinski definition) is 4. The molecule has 2 aromatic rings. The van der Waals surface area contributed by atoms with E-state index in [-0.39, 0.29) is 12.5 Å². The molecule has 1 aromatic carbocycles. The van der Waals surface area contributed by atoms with Gasteiger partial charge in [0.15, 0.2) is 6.61 Å². The van der Waals surface area contributed by atoms with Gasteiger partial charge in [-0.15, -0.1) is 0 Å². The van der Waals surface area contributed by atoms with Crippen molar-refractivity contribution in [2.24, 2.45) is 5.92 Å². The first-order valence-corrected chi connectivity index (χ1v) is 7.50. The van der Waals surface area contributed by atoms with Gasteiger partial charge in [0, 0.05) is 23.2 Å². The number of ether oxygens (including phenoxy) is 1.